The van der Waals surface area contributed by atoms with Gasteiger partial charge in [-0.15, -0.1) is 0 Å². The summed E-state index contributed by atoms with van der Waals surface area (Å²) in [6.45, 7) is 7.41. The summed E-state index contributed by atoms with van der Waals surface area (Å²) >= 11 is 0. The smallest absolute Gasteiger partial charge is 0.407 e. The summed E-state index contributed by atoms with van der Waals surface area (Å²) in [5.41, 5.74) is 0.524. The number of amides is 1. The maximum absolute atomic E-state index is 11.4. The predicted octanol–water partition coefficient (Wildman–Crippen LogP) is 3.09. The minimum Gasteiger partial charge on any atom is -0.453 e. The molecule has 5 heteroatoms. The Morgan fingerprint density at radius 1 is 1.30 bits per heavy atom. The third-order valence-corrected chi connectivity index (χ3v) is 3.22. The minimum absolute atomic E-state index is 0. The molecule has 0 unspecified atom stereocenters. The highest BCUT2D eigenvalue weighted by molar-refractivity contribution is 5.68. The molecule has 0 aromatic heterocycles. The largest absolute Gasteiger partial charge is 0.453 e. The van der Waals surface area contributed by atoms with Crippen LogP contribution in [0.1, 0.15) is 40.2 Å². The Kier molecular flexibility index (Phi) is 4.69. The average molecular weight is 278 g/mol. The molecule has 0 fully saturated rings. The summed E-state index contributed by atoms with van der Waals surface area (Å²) in [6.07, 6.45) is 1.10. The topological polar surface area (TPSA) is 67.8 Å². The number of aliphatic imine (C=N–C) groups is 1. The minimum atomic E-state index is -0.654. The molecule has 0 saturated carbocycles. The first kappa shape index (κ1) is 15.9. The monoisotopic (exact) mass is 278 g/mol. The van der Waals surface area contributed by atoms with Crippen LogP contribution < -0.4 is 5.32 Å². The van der Waals surface area contributed by atoms with Gasteiger partial charge in [0.15, 0.2) is 0 Å². The van der Waals surface area contributed by atoms with Crippen LogP contribution in [0.25, 0.3) is 0 Å². The molecule has 1 aromatic rings. The fraction of sp³-hybridized carbons (Fsp3) is 0.467. The van der Waals surface area contributed by atoms with Gasteiger partial charge in [0.25, 0.3) is 0 Å². The zero-order valence-electron chi connectivity index (χ0n) is 12.5. The number of isocyanates is 1. The van der Waals surface area contributed by atoms with Crippen molar-refractivity contribution in [1.82, 2.24) is 5.32 Å². The lowest BCUT2D eigenvalue weighted by molar-refractivity contribution is 0.159. The first-order chi connectivity index (χ1) is 9.23. The third kappa shape index (κ3) is 3.68. The Balaban J connectivity index is 0.00000400. The standard InChI is InChI=1S/C15H20N2O3.H2/c1-14(2,16-10-18)11-7-6-8-12(9-11)15(3,4)17-13(19)20-5;/h6-9H,1-5H3,(H,17,19);1H. The molecule has 1 amide bonds. The molecule has 0 aliphatic heterocycles. The molecule has 0 heterocycles. The van der Waals surface area contributed by atoms with Crippen LogP contribution in [-0.4, -0.2) is 19.3 Å². The zero-order valence-corrected chi connectivity index (χ0v) is 12.5. The van der Waals surface area contributed by atoms with Crippen LogP contribution in [0.3, 0.4) is 0 Å². The van der Waals surface area contributed by atoms with E-state index in [1.807, 2.05) is 52.0 Å². The highest BCUT2D eigenvalue weighted by atomic mass is 16.5. The van der Waals surface area contributed by atoms with Gasteiger partial charge in [-0.25, -0.2) is 9.59 Å². The van der Waals surface area contributed by atoms with E-state index in [0.717, 1.165) is 11.1 Å². The Morgan fingerprint density at radius 2 is 1.90 bits per heavy atom. The van der Waals surface area contributed by atoms with E-state index in [0.29, 0.717) is 0 Å². The number of alkyl carbamates (subject to hydrolysis) is 1. The van der Waals surface area contributed by atoms with E-state index in [4.69, 9.17) is 0 Å². The lowest BCUT2D eigenvalue weighted by Crippen LogP contribution is -2.41. The van der Waals surface area contributed by atoms with Gasteiger partial charge in [-0.3, -0.25) is 0 Å². The Hall–Kier alpha value is -2.13. The van der Waals surface area contributed by atoms with Crippen LogP contribution in [0.2, 0.25) is 0 Å². The van der Waals surface area contributed by atoms with Gasteiger partial charge in [-0.1, -0.05) is 24.3 Å². The fourth-order valence-electron chi connectivity index (χ4n) is 1.85. The summed E-state index contributed by atoms with van der Waals surface area (Å²) in [4.78, 5) is 25.7. The first-order valence-corrected chi connectivity index (χ1v) is 6.29. The molecular weight excluding hydrogens is 256 g/mol. The van der Waals surface area contributed by atoms with Crippen molar-refractivity contribution >= 4 is 12.2 Å². The van der Waals surface area contributed by atoms with Crippen molar-refractivity contribution in [2.24, 2.45) is 4.99 Å². The van der Waals surface area contributed by atoms with E-state index in [-0.39, 0.29) is 1.43 Å². The molecule has 5 nitrogen and oxygen atoms in total. The first-order valence-electron chi connectivity index (χ1n) is 6.29. The van der Waals surface area contributed by atoms with Gasteiger partial charge in [0.1, 0.15) is 0 Å². The van der Waals surface area contributed by atoms with Gasteiger partial charge in [0.05, 0.1) is 18.2 Å². The SMILES string of the molecule is COC(=O)NC(C)(C)c1cccc(C(C)(C)N=C=O)c1.[HH]. The maximum Gasteiger partial charge on any atom is 0.407 e. The molecule has 0 radical (unpaired) electrons. The molecule has 110 valence electrons. The summed E-state index contributed by atoms with van der Waals surface area (Å²) < 4.78 is 4.62. The molecule has 0 spiro atoms. The van der Waals surface area contributed by atoms with Gasteiger partial charge in [0, 0.05) is 1.43 Å². The average Bonchev–Trinajstić information content (AvgIpc) is 2.38. The number of benzene rings is 1. The third-order valence-electron chi connectivity index (χ3n) is 3.22. The van der Waals surface area contributed by atoms with Gasteiger partial charge in [-0.05, 0) is 38.8 Å². The van der Waals surface area contributed by atoms with Gasteiger partial charge in [0.2, 0.25) is 6.08 Å². The van der Waals surface area contributed by atoms with E-state index in [2.05, 4.69) is 15.0 Å². The van der Waals surface area contributed by atoms with Crippen molar-refractivity contribution < 1.29 is 15.8 Å². The summed E-state index contributed by atoms with van der Waals surface area (Å²) in [6, 6.07) is 7.57. The molecule has 0 saturated heterocycles. The molecule has 0 bridgehead atoms. The lowest BCUT2D eigenvalue weighted by atomic mass is 9.88. The number of hydrogen-bond donors (Lipinski definition) is 1. The van der Waals surface area contributed by atoms with Gasteiger partial charge >= 0.3 is 6.09 Å². The quantitative estimate of drug-likeness (QED) is 0.679. The molecule has 1 N–H and O–H groups in total. The molecular formula is C15H22N2O3. The maximum atomic E-state index is 11.4. The molecule has 0 aliphatic rings. The Bertz CT molecular complexity index is 550. The highest BCUT2D eigenvalue weighted by Gasteiger charge is 2.26. The Labute approximate surface area is 120 Å². The fourth-order valence-corrected chi connectivity index (χ4v) is 1.85. The number of carbonyl (C=O) groups excluding carboxylic acids is 2. The Morgan fingerprint density at radius 3 is 2.45 bits per heavy atom. The molecule has 20 heavy (non-hydrogen) atoms. The molecule has 0 aliphatic carbocycles. The second kappa shape index (κ2) is 5.88. The molecule has 0 atom stereocenters. The van der Waals surface area contributed by atoms with Crippen LogP contribution in [0.15, 0.2) is 29.3 Å². The van der Waals surface area contributed by atoms with Crippen LogP contribution in [0.5, 0.6) is 0 Å². The number of nitrogens with one attached hydrogen (secondary N) is 1. The van der Waals surface area contributed by atoms with Crippen molar-refractivity contribution in [3.63, 3.8) is 0 Å². The van der Waals surface area contributed by atoms with Crippen molar-refractivity contribution in [1.29, 1.82) is 0 Å². The van der Waals surface area contributed by atoms with E-state index in [9.17, 15) is 9.59 Å². The number of rotatable bonds is 4. The zero-order chi connectivity index (χ0) is 15.4. The summed E-state index contributed by atoms with van der Waals surface area (Å²) in [5, 5.41) is 2.76. The van der Waals surface area contributed by atoms with Crippen molar-refractivity contribution in [2.45, 2.75) is 38.8 Å². The van der Waals surface area contributed by atoms with Crippen molar-refractivity contribution in [3.8, 4) is 0 Å². The van der Waals surface area contributed by atoms with Gasteiger partial charge in [-0.2, -0.15) is 4.99 Å². The van der Waals surface area contributed by atoms with Gasteiger partial charge < -0.3 is 10.1 Å². The van der Waals surface area contributed by atoms with E-state index in [1.165, 1.54) is 7.11 Å². The number of methoxy groups -OCH3 is 1. The second-order valence-electron chi connectivity index (χ2n) is 5.58. The number of hydrogen-bond acceptors (Lipinski definition) is 4. The second-order valence-corrected chi connectivity index (χ2v) is 5.58. The summed E-state index contributed by atoms with van der Waals surface area (Å²) in [7, 11) is 1.32. The van der Waals surface area contributed by atoms with Crippen LogP contribution in [0, 0.1) is 0 Å². The molecule has 1 aromatic carbocycles. The van der Waals surface area contributed by atoms with Crippen LogP contribution in [-0.2, 0) is 20.6 Å². The highest BCUT2D eigenvalue weighted by Crippen LogP contribution is 2.28. The van der Waals surface area contributed by atoms with Crippen LogP contribution >= 0.6 is 0 Å². The van der Waals surface area contributed by atoms with E-state index >= 15 is 0 Å². The van der Waals surface area contributed by atoms with Crippen molar-refractivity contribution in [3.05, 3.63) is 35.4 Å². The van der Waals surface area contributed by atoms with E-state index in [1.54, 1.807) is 6.08 Å². The molecule has 1 rings (SSSR count). The van der Waals surface area contributed by atoms with Crippen LogP contribution in [0.4, 0.5) is 4.79 Å². The number of carbonyl (C=O) groups is 1. The number of ether oxygens (including phenoxy) is 1. The number of nitrogens with zero attached hydrogens (tertiary/aromatic N) is 1. The normalized spacial score (nSPS) is 11.4. The lowest BCUT2D eigenvalue weighted by Gasteiger charge is -2.28. The summed E-state index contributed by atoms with van der Waals surface area (Å²) in [5.74, 6) is 0. The van der Waals surface area contributed by atoms with Crippen molar-refractivity contribution in [2.75, 3.05) is 7.11 Å². The predicted molar refractivity (Wildman–Crippen MR) is 78.3 cm³/mol. The van der Waals surface area contributed by atoms with E-state index < -0.39 is 17.2 Å².